The monoisotopic (exact) mass is 430 g/mol. The van der Waals surface area contributed by atoms with Crippen LogP contribution in [0.5, 0.6) is 0 Å². The lowest BCUT2D eigenvalue weighted by Gasteiger charge is -2.29. The highest BCUT2D eigenvalue weighted by atomic mass is 35.5. The van der Waals surface area contributed by atoms with Gasteiger partial charge in [-0.25, -0.2) is 0 Å². The number of carbonyl (C=O) groups excluding carboxylic acids is 2. The molecule has 28 heavy (non-hydrogen) atoms. The first kappa shape index (κ1) is 19.0. The third kappa shape index (κ3) is 3.78. The van der Waals surface area contributed by atoms with Crippen molar-refractivity contribution >= 4 is 57.7 Å². The Bertz CT molecular complexity index is 1050. The Hall–Kier alpha value is -2.34. The van der Waals surface area contributed by atoms with Gasteiger partial charge in [-0.3, -0.25) is 9.59 Å². The molecule has 0 spiro atoms. The zero-order valence-corrected chi connectivity index (χ0v) is 17.1. The first-order chi connectivity index (χ1) is 13.5. The van der Waals surface area contributed by atoms with E-state index in [1.807, 2.05) is 35.7 Å². The Labute approximate surface area is 176 Å². The molecular weight excluding hydrogens is 415 g/mol. The molecule has 1 aliphatic rings. The van der Waals surface area contributed by atoms with E-state index in [1.165, 1.54) is 17.4 Å². The van der Waals surface area contributed by atoms with Crippen molar-refractivity contribution in [3.8, 4) is 0 Å². The molecule has 0 saturated heterocycles. The quantitative estimate of drug-likeness (QED) is 0.561. The normalized spacial score (nSPS) is 13.1. The van der Waals surface area contributed by atoms with Gasteiger partial charge in [-0.1, -0.05) is 35.3 Å². The maximum Gasteiger partial charge on any atom is 0.268 e. The minimum absolute atomic E-state index is 0.0164. The molecule has 0 atom stereocenters. The predicted octanol–water partition coefficient (Wildman–Crippen LogP) is 5.90. The summed E-state index contributed by atoms with van der Waals surface area (Å²) in [5, 5.41) is 5.51. The number of benzene rings is 2. The molecule has 0 aliphatic carbocycles. The van der Waals surface area contributed by atoms with Gasteiger partial charge in [-0.15, -0.1) is 11.3 Å². The summed E-state index contributed by atoms with van der Waals surface area (Å²) in [5.74, 6) is -0.364. The van der Waals surface area contributed by atoms with Gasteiger partial charge in [0.1, 0.15) is 0 Å². The fraction of sp³-hybridized carbons (Fsp3) is 0.143. The van der Waals surface area contributed by atoms with Crippen LogP contribution in [-0.2, 0) is 6.42 Å². The lowest BCUT2D eigenvalue weighted by Crippen LogP contribution is -2.35. The zero-order chi connectivity index (χ0) is 19.7. The van der Waals surface area contributed by atoms with Crippen LogP contribution in [0.4, 0.5) is 11.4 Å². The predicted molar refractivity (Wildman–Crippen MR) is 115 cm³/mol. The van der Waals surface area contributed by atoms with Crippen molar-refractivity contribution < 1.29 is 9.59 Å². The smallest absolute Gasteiger partial charge is 0.268 e. The van der Waals surface area contributed by atoms with Crippen LogP contribution in [0.1, 0.15) is 32.0 Å². The summed E-state index contributed by atoms with van der Waals surface area (Å²) in [6, 6.07) is 14.1. The highest BCUT2D eigenvalue weighted by molar-refractivity contribution is 7.12. The number of thiophene rings is 1. The van der Waals surface area contributed by atoms with Gasteiger partial charge < -0.3 is 10.2 Å². The van der Waals surface area contributed by atoms with Crippen molar-refractivity contribution in [1.29, 1.82) is 0 Å². The molecule has 3 aromatic rings. The third-order valence-corrected chi connectivity index (χ3v) is 6.03. The molecule has 0 bridgehead atoms. The molecule has 2 heterocycles. The van der Waals surface area contributed by atoms with Crippen LogP contribution in [0.3, 0.4) is 0 Å². The Morgan fingerprint density at radius 1 is 1.07 bits per heavy atom. The molecule has 2 aromatic carbocycles. The van der Waals surface area contributed by atoms with Crippen LogP contribution in [0.2, 0.25) is 10.0 Å². The van der Waals surface area contributed by atoms with Crippen molar-refractivity contribution in [1.82, 2.24) is 0 Å². The van der Waals surface area contributed by atoms with Crippen LogP contribution in [0.15, 0.2) is 53.9 Å². The molecule has 4 rings (SSSR count). The summed E-state index contributed by atoms with van der Waals surface area (Å²) in [7, 11) is 0. The van der Waals surface area contributed by atoms with Gasteiger partial charge >= 0.3 is 0 Å². The summed E-state index contributed by atoms with van der Waals surface area (Å²) >= 11 is 13.5. The third-order valence-electron chi connectivity index (χ3n) is 4.61. The van der Waals surface area contributed by atoms with E-state index in [1.54, 1.807) is 17.0 Å². The lowest BCUT2D eigenvalue weighted by molar-refractivity contribution is 0.0987. The molecule has 1 N–H and O–H groups in total. The standard InChI is InChI=1S/C21H16Cl2N2O2S/c22-14-6-8-17(23)16(11-14)20(26)24-15-7-5-13-3-1-9-25(18(13)12-15)21(27)19-4-2-10-28-19/h2,4-8,10-12H,1,3,9H2,(H,24,26). The average Bonchev–Trinajstić information content (AvgIpc) is 3.23. The molecule has 4 nitrogen and oxygen atoms in total. The number of carbonyl (C=O) groups is 2. The first-order valence-electron chi connectivity index (χ1n) is 8.77. The number of hydrogen-bond donors (Lipinski definition) is 1. The number of amides is 2. The van der Waals surface area contributed by atoms with Gasteiger partial charge in [0.15, 0.2) is 0 Å². The minimum Gasteiger partial charge on any atom is -0.322 e. The second-order valence-electron chi connectivity index (χ2n) is 6.46. The summed E-state index contributed by atoms with van der Waals surface area (Å²) in [5.41, 5.74) is 2.83. The van der Waals surface area contributed by atoms with E-state index in [2.05, 4.69) is 5.32 Å². The molecule has 1 aliphatic heterocycles. The van der Waals surface area contributed by atoms with Crippen LogP contribution in [0.25, 0.3) is 0 Å². The number of fused-ring (bicyclic) bond motifs is 1. The summed E-state index contributed by atoms with van der Waals surface area (Å²) in [6.07, 6.45) is 1.81. The number of anilines is 2. The summed E-state index contributed by atoms with van der Waals surface area (Å²) in [6.45, 7) is 0.654. The maximum absolute atomic E-state index is 12.9. The van der Waals surface area contributed by atoms with Gasteiger partial charge in [0.2, 0.25) is 0 Å². The highest BCUT2D eigenvalue weighted by Crippen LogP contribution is 2.32. The molecule has 7 heteroatoms. The number of halogens is 2. The number of rotatable bonds is 3. The zero-order valence-electron chi connectivity index (χ0n) is 14.7. The largest absolute Gasteiger partial charge is 0.322 e. The van der Waals surface area contributed by atoms with Crippen LogP contribution < -0.4 is 10.2 Å². The van der Waals surface area contributed by atoms with Crippen molar-refractivity contribution in [3.05, 3.63) is 80.0 Å². The minimum atomic E-state index is -0.348. The highest BCUT2D eigenvalue weighted by Gasteiger charge is 2.25. The molecule has 142 valence electrons. The molecule has 0 unspecified atom stereocenters. The number of hydrogen-bond acceptors (Lipinski definition) is 3. The Kier molecular flexibility index (Phi) is 5.40. The topological polar surface area (TPSA) is 49.4 Å². The fourth-order valence-electron chi connectivity index (χ4n) is 3.27. The summed E-state index contributed by atoms with van der Waals surface area (Å²) in [4.78, 5) is 28.0. The number of aryl methyl sites for hydroxylation is 1. The molecular formula is C21H16Cl2N2O2S. The van der Waals surface area contributed by atoms with Crippen molar-refractivity contribution in [2.24, 2.45) is 0 Å². The second-order valence-corrected chi connectivity index (χ2v) is 8.25. The van der Waals surface area contributed by atoms with Gasteiger partial charge in [0.05, 0.1) is 15.5 Å². The lowest BCUT2D eigenvalue weighted by atomic mass is 10.0. The van der Waals surface area contributed by atoms with E-state index in [0.29, 0.717) is 32.7 Å². The Morgan fingerprint density at radius 3 is 2.71 bits per heavy atom. The summed E-state index contributed by atoms with van der Waals surface area (Å²) < 4.78 is 0. The van der Waals surface area contributed by atoms with Crippen LogP contribution >= 0.6 is 34.5 Å². The average molecular weight is 431 g/mol. The van der Waals surface area contributed by atoms with Gasteiger partial charge in [-0.05, 0) is 60.2 Å². The van der Waals surface area contributed by atoms with E-state index < -0.39 is 0 Å². The van der Waals surface area contributed by atoms with Crippen molar-refractivity contribution in [2.45, 2.75) is 12.8 Å². The van der Waals surface area contributed by atoms with Gasteiger partial charge in [-0.2, -0.15) is 0 Å². The van der Waals surface area contributed by atoms with Crippen LogP contribution in [-0.4, -0.2) is 18.4 Å². The Balaban J connectivity index is 1.62. The fourth-order valence-corrected chi connectivity index (χ4v) is 4.31. The SMILES string of the molecule is O=C(Nc1ccc2c(c1)N(C(=O)c1cccs1)CCC2)c1cc(Cl)ccc1Cl. The van der Waals surface area contributed by atoms with Crippen molar-refractivity contribution in [3.63, 3.8) is 0 Å². The Morgan fingerprint density at radius 2 is 1.93 bits per heavy atom. The molecule has 0 fully saturated rings. The van der Waals surface area contributed by atoms with Crippen LogP contribution in [0, 0.1) is 0 Å². The van der Waals surface area contributed by atoms with E-state index in [-0.39, 0.29) is 11.8 Å². The number of nitrogens with zero attached hydrogens (tertiary/aromatic N) is 1. The maximum atomic E-state index is 12.9. The molecule has 0 radical (unpaired) electrons. The molecule has 1 aromatic heterocycles. The van der Waals surface area contributed by atoms with Gasteiger partial charge in [0.25, 0.3) is 11.8 Å². The first-order valence-corrected chi connectivity index (χ1v) is 10.4. The molecule has 0 saturated carbocycles. The van der Waals surface area contributed by atoms with E-state index in [4.69, 9.17) is 23.2 Å². The second kappa shape index (κ2) is 7.95. The van der Waals surface area contributed by atoms with E-state index in [9.17, 15) is 9.59 Å². The van der Waals surface area contributed by atoms with E-state index >= 15 is 0 Å². The van der Waals surface area contributed by atoms with Crippen molar-refractivity contribution in [2.75, 3.05) is 16.8 Å². The molecule has 2 amide bonds. The van der Waals surface area contributed by atoms with Gasteiger partial charge in [0, 0.05) is 22.9 Å². The van der Waals surface area contributed by atoms with E-state index in [0.717, 1.165) is 24.1 Å². The number of nitrogens with one attached hydrogen (secondary N) is 1.